The SMILES string of the molecule is CCOC(=O)c1ccccc1NC(=O)c1nnc(Cc2ccccc2)o1. The van der Waals surface area contributed by atoms with Gasteiger partial charge in [-0.2, -0.15) is 0 Å². The average Bonchev–Trinajstić information content (AvgIpc) is 3.12. The lowest BCUT2D eigenvalue weighted by atomic mass is 10.1. The van der Waals surface area contributed by atoms with Gasteiger partial charge in [-0.25, -0.2) is 4.79 Å². The quantitative estimate of drug-likeness (QED) is 0.686. The Morgan fingerprint density at radius 3 is 2.54 bits per heavy atom. The van der Waals surface area contributed by atoms with Crippen molar-refractivity contribution in [2.24, 2.45) is 0 Å². The van der Waals surface area contributed by atoms with Crippen LogP contribution in [0.5, 0.6) is 0 Å². The van der Waals surface area contributed by atoms with E-state index < -0.39 is 11.9 Å². The lowest BCUT2D eigenvalue weighted by molar-refractivity contribution is 0.0527. The predicted octanol–water partition coefficient (Wildman–Crippen LogP) is 3.09. The first kappa shape index (κ1) is 17.3. The summed E-state index contributed by atoms with van der Waals surface area (Å²) in [4.78, 5) is 24.3. The Bertz CT molecular complexity index is 906. The van der Waals surface area contributed by atoms with Crippen molar-refractivity contribution in [3.05, 3.63) is 77.5 Å². The summed E-state index contributed by atoms with van der Waals surface area (Å²) in [7, 11) is 0. The molecule has 0 unspecified atom stereocenters. The zero-order chi connectivity index (χ0) is 18.4. The molecule has 2 aromatic carbocycles. The molecule has 3 aromatic rings. The van der Waals surface area contributed by atoms with E-state index in [1.54, 1.807) is 31.2 Å². The van der Waals surface area contributed by atoms with Crippen molar-refractivity contribution in [3.63, 3.8) is 0 Å². The van der Waals surface area contributed by atoms with E-state index in [1.165, 1.54) is 0 Å². The molecule has 26 heavy (non-hydrogen) atoms. The highest BCUT2D eigenvalue weighted by atomic mass is 16.5. The molecular formula is C19H17N3O4. The topological polar surface area (TPSA) is 94.3 Å². The van der Waals surface area contributed by atoms with E-state index in [0.717, 1.165) is 5.56 Å². The number of hydrogen-bond acceptors (Lipinski definition) is 6. The van der Waals surface area contributed by atoms with Crippen LogP contribution in [-0.4, -0.2) is 28.7 Å². The molecule has 1 aromatic heterocycles. The van der Waals surface area contributed by atoms with E-state index in [-0.39, 0.29) is 18.1 Å². The lowest BCUT2D eigenvalue weighted by Gasteiger charge is -2.08. The van der Waals surface area contributed by atoms with Gasteiger partial charge in [0.2, 0.25) is 5.89 Å². The fourth-order valence-electron chi connectivity index (χ4n) is 2.34. The van der Waals surface area contributed by atoms with Gasteiger partial charge >= 0.3 is 17.8 Å². The largest absolute Gasteiger partial charge is 0.462 e. The number of benzene rings is 2. The van der Waals surface area contributed by atoms with Gasteiger partial charge in [0.15, 0.2) is 0 Å². The summed E-state index contributed by atoms with van der Waals surface area (Å²) in [6, 6.07) is 16.2. The number of para-hydroxylation sites is 1. The number of carbonyl (C=O) groups excluding carboxylic acids is 2. The number of aromatic nitrogens is 2. The molecule has 0 aliphatic rings. The Labute approximate surface area is 150 Å². The summed E-state index contributed by atoms with van der Waals surface area (Å²) in [6.45, 7) is 1.96. The van der Waals surface area contributed by atoms with E-state index in [9.17, 15) is 9.59 Å². The Balaban J connectivity index is 1.72. The smallest absolute Gasteiger partial charge is 0.340 e. The minimum Gasteiger partial charge on any atom is -0.462 e. The van der Waals surface area contributed by atoms with Gasteiger partial charge in [0.1, 0.15) is 0 Å². The molecule has 0 saturated carbocycles. The van der Waals surface area contributed by atoms with E-state index >= 15 is 0 Å². The van der Waals surface area contributed by atoms with Gasteiger partial charge in [-0.15, -0.1) is 10.2 Å². The third-order valence-electron chi connectivity index (χ3n) is 3.53. The molecular weight excluding hydrogens is 334 g/mol. The number of nitrogens with zero attached hydrogens (tertiary/aromatic N) is 2. The summed E-state index contributed by atoms with van der Waals surface area (Å²) in [5.74, 6) is -0.943. The number of rotatable bonds is 6. The highest BCUT2D eigenvalue weighted by Gasteiger charge is 2.19. The Hall–Kier alpha value is -3.48. The van der Waals surface area contributed by atoms with Crippen LogP contribution >= 0.6 is 0 Å². The second kappa shape index (κ2) is 8.06. The van der Waals surface area contributed by atoms with Crippen molar-refractivity contribution >= 4 is 17.6 Å². The first-order valence-electron chi connectivity index (χ1n) is 8.11. The molecule has 7 heteroatoms. The molecule has 1 N–H and O–H groups in total. The third kappa shape index (κ3) is 4.13. The van der Waals surface area contributed by atoms with Gasteiger partial charge in [0, 0.05) is 0 Å². The second-order valence-corrected chi connectivity index (χ2v) is 5.38. The molecule has 0 fully saturated rings. The molecule has 0 aliphatic heterocycles. The van der Waals surface area contributed by atoms with Crippen LogP contribution in [0.3, 0.4) is 0 Å². The van der Waals surface area contributed by atoms with E-state index in [4.69, 9.17) is 9.15 Å². The highest BCUT2D eigenvalue weighted by molar-refractivity contribution is 6.05. The maximum Gasteiger partial charge on any atom is 0.340 e. The number of esters is 1. The maximum absolute atomic E-state index is 12.4. The van der Waals surface area contributed by atoms with Gasteiger partial charge in [0.05, 0.1) is 24.3 Å². The summed E-state index contributed by atoms with van der Waals surface area (Å²) in [6.07, 6.45) is 0.431. The fourth-order valence-corrected chi connectivity index (χ4v) is 2.34. The molecule has 132 valence electrons. The maximum atomic E-state index is 12.4. The van der Waals surface area contributed by atoms with E-state index in [0.29, 0.717) is 18.0 Å². The second-order valence-electron chi connectivity index (χ2n) is 5.38. The summed E-state index contributed by atoms with van der Waals surface area (Å²) < 4.78 is 10.4. The number of carbonyl (C=O) groups is 2. The first-order chi connectivity index (χ1) is 12.7. The van der Waals surface area contributed by atoms with Crippen LogP contribution in [0.2, 0.25) is 0 Å². The monoisotopic (exact) mass is 351 g/mol. The summed E-state index contributed by atoms with van der Waals surface area (Å²) in [5, 5.41) is 10.3. The number of ether oxygens (including phenoxy) is 1. The normalized spacial score (nSPS) is 10.3. The number of anilines is 1. The van der Waals surface area contributed by atoms with Gasteiger partial charge in [-0.1, -0.05) is 42.5 Å². The van der Waals surface area contributed by atoms with Crippen LogP contribution in [0.4, 0.5) is 5.69 Å². The van der Waals surface area contributed by atoms with Crippen LogP contribution in [0.1, 0.15) is 39.4 Å². The Kier molecular flexibility index (Phi) is 5.38. The summed E-state index contributed by atoms with van der Waals surface area (Å²) in [5.41, 5.74) is 1.57. The van der Waals surface area contributed by atoms with Crippen molar-refractivity contribution in [1.29, 1.82) is 0 Å². The van der Waals surface area contributed by atoms with Gasteiger partial charge in [-0.3, -0.25) is 4.79 Å². The molecule has 7 nitrogen and oxygen atoms in total. The molecule has 0 saturated heterocycles. The number of nitrogens with one attached hydrogen (secondary N) is 1. The van der Waals surface area contributed by atoms with Gasteiger partial charge in [0.25, 0.3) is 0 Å². The lowest BCUT2D eigenvalue weighted by Crippen LogP contribution is -2.16. The number of amides is 1. The fraction of sp³-hybridized carbons (Fsp3) is 0.158. The van der Waals surface area contributed by atoms with Crippen LogP contribution in [0, 0.1) is 0 Å². The van der Waals surface area contributed by atoms with Crippen molar-refractivity contribution in [2.75, 3.05) is 11.9 Å². The standard InChI is InChI=1S/C19H17N3O4/c1-2-25-19(24)14-10-6-7-11-15(14)20-17(23)18-22-21-16(26-18)12-13-8-4-3-5-9-13/h3-11H,2,12H2,1H3,(H,20,23). The zero-order valence-electron chi connectivity index (χ0n) is 14.1. The molecule has 1 heterocycles. The van der Waals surface area contributed by atoms with Crippen LogP contribution in [0.15, 0.2) is 59.0 Å². The molecule has 0 atom stereocenters. The molecule has 0 bridgehead atoms. The first-order valence-corrected chi connectivity index (χ1v) is 8.11. The van der Waals surface area contributed by atoms with Crippen LogP contribution < -0.4 is 5.32 Å². The van der Waals surface area contributed by atoms with Crippen molar-refractivity contribution < 1.29 is 18.7 Å². The predicted molar refractivity (Wildman–Crippen MR) is 93.9 cm³/mol. The summed E-state index contributed by atoms with van der Waals surface area (Å²) >= 11 is 0. The molecule has 3 rings (SSSR count). The van der Waals surface area contributed by atoms with Gasteiger partial charge < -0.3 is 14.5 Å². The van der Waals surface area contributed by atoms with Crippen LogP contribution in [0.25, 0.3) is 0 Å². The van der Waals surface area contributed by atoms with E-state index in [1.807, 2.05) is 30.3 Å². The Morgan fingerprint density at radius 2 is 1.77 bits per heavy atom. The van der Waals surface area contributed by atoms with Crippen molar-refractivity contribution in [2.45, 2.75) is 13.3 Å². The third-order valence-corrected chi connectivity index (χ3v) is 3.53. The number of hydrogen-bond donors (Lipinski definition) is 1. The van der Waals surface area contributed by atoms with Crippen molar-refractivity contribution in [1.82, 2.24) is 10.2 Å². The average molecular weight is 351 g/mol. The molecule has 1 amide bonds. The molecule has 0 spiro atoms. The van der Waals surface area contributed by atoms with E-state index in [2.05, 4.69) is 15.5 Å². The van der Waals surface area contributed by atoms with Crippen molar-refractivity contribution in [3.8, 4) is 0 Å². The molecule has 0 aliphatic carbocycles. The van der Waals surface area contributed by atoms with Gasteiger partial charge in [-0.05, 0) is 24.6 Å². The Morgan fingerprint density at radius 1 is 1.04 bits per heavy atom. The highest BCUT2D eigenvalue weighted by Crippen LogP contribution is 2.17. The molecule has 0 radical (unpaired) electrons. The van der Waals surface area contributed by atoms with Crippen LogP contribution in [-0.2, 0) is 11.2 Å². The minimum absolute atomic E-state index is 0.172. The minimum atomic E-state index is -0.589. The zero-order valence-corrected chi connectivity index (χ0v) is 14.1.